The summed E-state index contributed by atoms with van der Waals surface area (Å²) in [6.45, 7) is 0. The Kier molecular flexibility index (Phi) is 4.04. The lowest BCUT2D eigenvalue weighted by Gasteiger charge is -2.06. The predicted octanol–water partition coefficient (Wildman–Crippen LogP) is 2.81. The number of carbonyl (C=O) groups is 1. The molecule has 0 aliphatic rings. The summed E-state index contributed by atoms with van der Waals surface area (Å²) in [6, 6.07) is 7.60. The van der Waals surface area contributed by atoms with Crippen molar-refractivity contribution in [3.63, 3.8) is 0 Å². The van der Waals surface area contributed by atoms with Crippen LogP contribution in [0.25, 0.3) is 10.9 Å². The summed E-state index contributed by atoms with van der Waals surface area (Å²) in [5, 5.41) is 9.65. The van der Waals surface area contributed by atoms with Crippen molar-refractivity contribution in [2.45, 2.75) is 11.3 Å². The molecule has 2 aromatic rings. The lowest BCUT2D eigenvalue weighted by Crippen LogP contribution is -1.96. The number of aromatic nitrogens is 1. The normalized spacial score (nSPS) is 10.5. The van der Waals surface area contributed by atoms with Crippen molar-refractivity contribution in [3.05, 3.63) is 30.5 Å². The molecule has 0 radical (unpaired) electrons. The molecule has 94 valence electrons. The average Bonchev–Trinajstić information content (AvgIpc) is 2.38. The Bertz CT molecular complexity index is 571. The molecule has 0 atom stereocenters. The predicted molar refractivity (Wildman–Crippen MR) is 71.3 cm³/mol. The molecule has 2 rings (SSSR count). The number of benzene rings is 1. The number of rotatable bonds is 5. The summed E-state index contributed by atoms with van der Waals surface area (Å²) in [5.41, 5.74) is 0.856. The van der Waals surface area contributed by atoms with E-state index in [1.807, 2.05) is 24.3 Å². The minimum atomic E-state index is -0.775. The second-order valence-electron chi connectivity index (χ2n) is 3.68. The first kappa shape index (κ1) is 12.7. The van der Waals surface area contributed by atoms with Gasteiger partial charge in [0.2, 0.25) is 0 Å². The van der Waals surface area contributed by atoms with E-state index < -0.39 is 5.97 Å². The van der Waals surface area contributed by atoms with Crippen LogP contribution in [0.1, 0.15) is 6.42 Å². The third-order valence-corrected chi connectivity index (χ3v) is 3.56. The van der Waals surface area contributed by atoms with Gasteiger partial charge in [-0.3, -0.25) is 9.78 Å². The van der Waals surface area contributed by atoms with Gasteiger partial charge in [-0.05, 0) is 18.2 Å². The van der Waals surface area contributed by atoms with Gasteiger partial charge in [0.25, 0.3) is 0 Å². The number of pyridine rings is 1. The molecule has 0 saturated heterocycles. The second kappa shape index (κ2) is 5.73. The molecular formula is C13H13NO3S. The molecule has 0 aliphatic carbocycles. The van der Waals surface area contributed by atoms with Gasteiger partial charge in [-0.15, -0.1) is 11.8 Å². The summed E-state index contributed by atoms with van der Waals surface area (Å²) in [5.74, 6) is 0.547. The number of hydrogen-bond donors (Lipinski definition) is 1. The number of thioether (sulfide) groups is 1. The smallest absolute Gasteiger partial charge is 0.304 e. The zero-order valence-corrected chi connectivity index (χ0v) is 10.7. The van der Waals surface area contributed by atoms with Crippen molar-refractivity contribution in [2.24, 2.45) is 0 Å². The number of fused-ring (bicyclic) bond motifs is 1. The third kappa shape index (κ3) is 2.92. The number of ether oxygens (including phenoxy) is 1. The van der Waals surface area contributed by atoms with E-state index in [4.69, 9.17) is 9.84 Å². The zero-order valence-electron chi connectivity index (χ0n) is 9.92. The highest BCUT2D eigenvalue weighted by atomic mass is 32.2. The first-order valence-electron chi connectivity index (χ1n) is 5.48. The maximum atomic E-state index is 10.5. The Morgan fingerprint density at radius 2 is 2.28 bits per heavy atom. The molecule has 0 saturated carbocycles. The molecule has 5 heteroatoms. The maximum Gasteiger partial charge on any atom is 0.304 e. The highest BCUT2D eigenvalue weighted by molar-refractivity contribution is 7.99. The zero-order chi connectivity index (χ0) is 13.0. The van der Waals surface area contributed by atoms with Crippen LogP contribution >= 0.6 is 11.8 Å². The van der Waals surface area contributed by atoms with Gasteiger partial charge in [0.15, 0.2) is 0 Å². The van der Waals surface area contributed by atoms with Crippen LogP contribution in [-0.4, -0.2) is 28.9 Å². The fraction of sp³-hybridized carbons (Fsp3) is 0.231. The topological polar surface area (TPSA) is 59.4 Å². The van der Waals surface area contributed by atoms with Gasteiger partial charge in [-0.2, -0.15) is 0 Å². The molecule has 0 fully saturated rings. The first-order chi connectivity index (χ1) is 8.70. The number of nitrogens with zero attached hydrogens (tertiary/aromatic N) is 1. The Morgan fingerprint density at radius 1 is 1.44 bits per heavy atom. The van der Waals surface area contributed by atoms with Gasteiger partial charge < -0.3 is 9.84 Å². The van der Waals surface area contributed by atoms with Crippen LogP contribution in [0, 0.1) is 0 Å². The Morgan fingerprint density at radius 3 is 3.00 bits per heavy atom. The molecular weight excluding hydrogens is 250 g/mol. The van der Waals surface area contributed by atoms with Gasteiger partial charge in [-0.25, -0.2) is 0 Å². The molecule has 1 N–H and O–H groups in total. The minimum absolute atomic E-state index is 0.157. The van der Waals surface area contributed by atoms with Gasteiger partial charge in [0.05, 0.1) is 19.0 Å². The van der Waals surface area contributed by atoms with E-state index in [1.165, 1.54) is 11.8 Å². The van der Waals surface area contributed by atoms with Crippen LogP contribution in [0.2, 0.25) is 0 Å². The summed E-state index contributed by atoms with van der Waals surface area (Å²) < 4.78 is 5.15. The van der Waals surface area contributed by atoms with Crippen LogP contribution < -0.4 is 4.74 Å². The van der Waals surface area contributed by atoms with Crippen molar-refractivity contribution < 1.29 is 14.6 Å². The SMILES string of the molecule is COc1ccc2c(SCCC(=O)O)ccnc2c1. The highest BCUT2D eigenvalue weighted by Gasteiger charge is 2.05. The van der Waals surface area contributed by atoms with Crippen LogP contribution in [-0.2, 0) is 4.79 Å². The van der Waals surface area contributed by atoms with Gasteiger partial charge in [0.1, 0.15) is 5.75 Å². The van der Waals surface area contributed by atoms with Crippen LogP contribution in [0.5, 0.6) is 5.75 Å². The molecule has 1 heterocycles. The van der Waals surface area contributed by atoms with E-state index in [-0.39, 0.29) is 6.42 Å². The summed E-state index contributed by atoms with van der Waals surface area (Å²) >= 11 is 1.53. The van der Waals surface area contributed by atoms with E-state index in [9.17, 15) is 4.79 Å². The standard InChI is InChI=1S/C13H13NO3S/c1-17-9-2-3-10-11(8-9)14-6-4-12(10)18-7-5-13(15)16/h2-4,6,8H,5,7H2,1H3,(H,15,16). The number of methoxy groups -OCH3 is 1. The van der Waals surface area contributed by atoms with Gasteiger partial charge in [0, 0.05) is 28.3 Å². The van der Waals surface area contributed by atoms with Crippen LogP contribution in [0.4, 0.5) is 0 Å². The summed E-state index contributed by atoms with van der Waals surface area (Å²) in [4.78, 5) is 15.8. The quantitative estimate of drug-likeness (QED) is 0.840. The number of carboxylic acids is 1. The van der Waals surface area contributed by atoms with E-state index in [1.54, 1.807) is 13.3 Å². The monoisotopic (exact) mass is 263 g/mol. The lowest BCUT2D eigenvalue weighted by molar-refractivity contribution is -0.136. The number of aliphatic carboxylic acids is 1. The van der Waals surface area contributed by atoms with Crippen LogP contribution in [0.3, 0.4) is 0 Å². The molecule has 0 spiro atoms. The molecule has 0 aliphatic heterocycles. The largest absolute Gasteiger partial charge is 0.497 e. The van der Waals surface area contributed by atoms with Gasteiger partial charge in [-0.1, -0.05) is 0 Å². The van der Waals surface area contributed by atoms with Crippen molar-refractivity contribution in [2.75, 3.05) is 12.9 Å². The first-order valence-corrected chi connectivity index (χ1v) is 6.46. The summed E-state index contributed by atoms with van der Waals surface area (Å²) in [6.07, 6.45) is 1.88. The third-order valence-electron chi connectivity index (χ3n) is 2.48. The fourth-order valence-corrected chi connectivity index (χ4v) is 2.58. The molecule has 0 bridgehead atoms. The van der Waals surface area contributed by atoms with E-state index >= 15 is 0 Å². The second-order valence-corrected chi connectivity index (χ2v) is 4.82. The minimum Gasteiger partial charge on any atom is -0.497 e. The van der Waals surface area contributed by atoms with Crippen LogP contribution in [0.15, 0.2) is 35.4 Å². The average molecular weight is 263 g/mol. The van der Waals surface area contributed by atoms with Crippen molar-refractivity contribution in [3.8, 4) is 5.75 Å². The van der Waals surface area contributed by atoms with Crippen molar-refractivity contribution in [1.29, 1.82) is 0 Å². The molecule has 0 amide bonds. The number of carboxylic acid groups (broad SMARTS) is 1. The van der Waals surface area contributed by atoms with Gasteiger partial charge >= 0.3 is 5.97 Å². The lowest BCUT2D eigenvalue weighted by atomic mass is 10.2. The molecule has 1 aromatic heterocycles. The summed E-state index contributed by atoms with van der Waals surface area (Å²) in [7, 11) is 1.62. The van der Waals surface area contributed by atoms with Crippen molar-refractivity contribution in [1.82, 2.24) is 4.98 Å². The number of hydrogen-bond acceptors (Lipinski definition) is 4. The molecule has 1 aromatic carbocycles. The molecule has 4 nitrogen and oxygen atoms in total. The Balaban J connectivity index is 2.25. The Labute approximate surface area is 109 Å². The van der Waals surface area contributed by atoms with E-state index in [0.717, 1.165) is 21.5 Å². The van der Waals surface area contributed by atoms with E-state index in [2.05, 4.69) is 4.98 Å². The van der Waals surface area contributed by atoms with E-state index in [0.29, 0.717) is 5.75 Å². The molecule has 18 heavy (non-hydrogen) atoms. The maximum absolute atomic E-state index is 10.5. The van der Waals surface area contributed by atoms with Crippen molar-refractivity contribution >= 4 is 28.6 Å². The highest BCUT2D eigenvalue weighted by Crippen LogP contribution is 2.29. The molecule has 0 unspecified atom stereocenters. The fourth-order valence-electron chi connectivity index (χ4n) is 1.60. The Hall–Kier alpha value is -1.75.